The summed E-state index contributed by atoms with van der Waals surface area (Å²) in [7, 11) is 0. The lowest BCUT2D eigenvalue weighted by atomic mass is 9.98. The summed E-state index contributed by atoms with van der Waals surface area (Å²) in [5.74, 6) is -1.96. The molecule has 92 valence electrons. The van der Waals surface area contributed by atoms with Gasteiger partial charge in [0, 0.05) is 11.1 Å². The molecule has 1 nitrogen and oxygen atoms in total. The lowest BCUT2D eigenvalue weighted by Gasteiger charge is -2.09. The quantitative estimate of drug-likeness (QED) is 0.581. The lowest BCUT2D eigenvalue weighted by Crippen LogP contribution is -1.91. The first-order valence-electron chi connectivity index (χ1n) is 5.23. The summed E-state index contributed by atoms with van der Waals surface area (Å²) in [4.78, 5) is 10.7. The molecular weight excluding hydrogens is 258 g/mol. The van der Waals surface area contributed by atoms with E-state index in [4.69, 9.17) is 11.6 Å². The molecule has 2 rings (SSSR count). The van der Waals surface area contributed by atoms with E-state index in [2.05, 4.69) is 0 Å². The number of aldehydes is 1. The summed E-state index contributed by atoms with van der Waals surface area (Å²) in [5.41, 5.74) is 2.27. The van der Waals surface area contributed by atoms with Gasteiger partial charge in [0.05, 0.1) is 5.02 Å². The molecule has 0 amide bonds. The second-order valence-electron chi connectivity index (χ2n) is 3.94. The van der Waals surface area contributed by atoms with Crippen LogP contribution in [0.1, 0.15) is 15.9 Å². The van der Waals surface area contributed by atoms with Crippen molar-refractivity contribution >= 4 is 17.9 Å². The van der Waals surface area contributed by atoms with E-state index >= 15 is 0 Å². The zero-order valence-corrected chi connectivity index (χ0v) is 10.3. The van der Waals surface area contributed by atoms with Crippen molar-refractivity contribution in [2.75, 3.05) is 0 Å². The highest BCUT2D eigenvalue weighted by Crippen LogP contribution is 2.32. The minimum absolute atomic E-state index is 0.111. The van der Waals surface area contributed by atoms with E-state index in [-0.39, 0.29) is 5.02 Å². The SMILES string of the molecule is Cc1ccc(C=O)cc1-c1cc(F)c(F)cc1Cl. The second kappa shape index (κ2) is 4.86. The number of halogens is 3. The van der Waals surface area contributed by atoms with Crippen molar-refractivity contribution < 1.29 is 13.6 Å². The van der Waals surface area contributed by atoms with E-state index in [0.29, 0.717) is 23.0 Å². The average Bonchev–Trinajstić information content (AvgIpc) is 2.35. The minimum Gasteiger partial charge on any atom is -0.298 e. The molecule has 0 bridgehead atoms. The van der Waals surface area contributed by atoms with Gasteiger partial charge < -0.3 is 0 Å². The second-order valence-corrected chi connectivity index (χ2v) is 4.35. The number of aryl methyl sites for hydroxylation is 1. The van der Waals surface area contributed by atoms with Gasteiger partial charge in [-0.15, -0.1) is 0 Å². The van der Waals surface area contributed by atoms with Crippen LogP contribution in [0, 0.1) is 18.6 Å². The Balaban J connectivity index is 2.68. The van der Waals surface area contributed by atoms with Gasteiger partial charge in [0.2, 0.25) is 0 Å². The normalized spacial score (nSPS) is 10.4. The highest BCUT2D eigenvalue weighted by Gasteiger charge is 2.12. The van der Waals surface area contributed by atoms with Crippen molar-refractivity contribution in [1.82, 2.24) is 0 Å². The zero-order chi connectivity index (χ0) is 13.3. The van der Waals surface area contributed by atoms with Gasteiger partial charge >= 0.3 is 0 Å². The highest BCUT2D eigenvalue weighted by atomic mass is 35.5. The van der Waals surface area contributed by atoms with Gasteiger partial charge in [0.15, 0.2) is 11.6 Å². The van der Waals surface area contributed by atoms with Gasteiger partial charge in [-0.2, -0.15) is 0 Å². The molecule has 0 saturated carbocycles. The average molecular weight is 267 g/mol. The predicted octanol–water partition coefficient (Wildman–Crippen LogP) is 4.41. The fourth-order valence-corrected chi connectivity index (χ4v) is 1.98. The maximum absolute atomic E-state index is 13.3. The number of hydrogen-bond acceptors (Lipinski definition) is 1. The summed E-state index contributed by atoms with van der Waals surface area (Å²) in [6.45, 7) is 1.81. The highest BCUT2D eigenvalue weighted by molar-refractivity contribution is 6.33. The summed E-state index contributed by atoms with van der Waals surface area (Å²) < 4.78 is 26.3. The third kappa shape index (κ3) is 2.27. The van der Waals surface area contributed by atoms with Crippen molar-refractivity contribution in [3.05, 3.63) is 58.1 Å². The monoisotopic (exact) mass is 266 g/mol. The van der Waals surface area contributed by atoms with Gasteiger partial charge in [-0.1, -0.05) is 23.7 Å². The molecule has 0 radical (unpaired) electrons. The Kier molecular flexibility index (Phi) is 3.43. The number of benzene rings is 2. The fraction of sp³-hybridized carbons (Fsp3) is 0.0714. The maximum atomic E-state index is 13.3. The van der Waals surface area contributed by atoms with E-state index in [1.165, 1.54) is 0 Å². The third-order valence-electron chi connectivity index (χ3n) is 2.70. The molecule has 0 saturated heterocycles. The molecule has 0 aromatic heterocycles. The minimum atomic E-state index is -0.993. The molecule has 2 aromatic rings. The molecular formula is C14H9ClF2O. The molecule has 0 fully saturated rings. The van der Waals surface area contributed by atoms with Crippen LogP contribution in [0.15, 0.2) is 30.3 Å². The summed E-state index contributed by atoms with van der Waals surface area (Å²) in [6.07, 6.45) is 0.691. The Morgan fingerprint density at radius 1 is 1.06 bits per heavy atom. The van der Waals surface area contributed by atoms with Crippen molar-refractivity contribution in [3.63, 3.8) is 0 Å². The molecule has 4 heteroatoms. The van der Waals surface area contributed by atoms with Crippen LogP contribution in [0.4, 0.5) is 8.78 Å². The Hall–Kier alpha value is -1.74. The van der Waals surface area contributed by atoms with Gasteiger partial charge in [-0.05, 0) is 36.2 Å². The smallest absolute Gasteiger partial charge is 0.160 e. The largest absolute Gasteiger partial charge is 0.298 e. The lowest BCUT2D eigenvalue weighted by molar-refractivity contribution is 0.112. The van der Waals surface area contributed by atoms with Crippen molar-refractivity contribution in [2.45, 2.75) is 6.92 Å². The van der Waals surface area contributed by atoms with E-state index in [9.17, 15) is 13.6 Å². The molecule has 2 aromatic carbocycles. The number of carbonyl (C=O) groups is 1. The van der Waals surface area contributed by atoms with Crippen LogP contribution >= 0.6 is 11.6 Å². The van der Waals surface area contributed by atoms with E-state index < -0.39 is 11.6 Å². The van der Waals surface area contributed by atoms with Crippen molar-refractivity contribution in [2.24, 2.45) is 0 Å². The number of rotatable bonds is 2. The maximum Gasteiger partial charge on any atom is 0.160 e. The van der Waals surface area contributed by atoms with E-state index in [1.54, 1.807) is 18.2 Å². The van der Waals surface area contributed by atoms with Crippen LogP contribution in [0.2, 0.25) is 5.02 Å². The summed E-state index contributed by atoms with van der Waals surface area (Å²) >= 11 is 5.91. The molecule has 0 N–H and O–H groups in total. The first kappa shape index (κ1) is 12.7. The van der Waals surface area contributed by atoms with E-state index in [1.807, 2.05) is 6.92 Å². The van der Waals surface area contributed by atoms with E-state index in [0.717, 1.165) is 17.7 Å². The molecule has 0 heterocycles. The summed E-state index contributed by atoms with van der Waals surface area (Å²) in [5, 5.41) is 0.111. The molecule has 18 heavy (non-hydrogen) atoms. The standard InChI is InChI=1S/C14H9ClF2O/c1-8-2-3-9(7-18)4-10(8)11-5-13(16)14(17)6-12(11)15/h2-7H,1H3. The van der Waals surface area contributed by atoms with Crippen molar-refractivity contribution in [3.8, 4) is 11.1 Å². The van der Waals surface area contributed by atoms with Gasteiger partial charge in [-0.25, -0.2) is 8.78 Å². The molecule has 0 aliphatic rings. The zero-order valence-electron chi connectivity index (χ0n) is 9.51. The molecule has 0 spiro atoms. The Labute approximate surface area is 108 Å². The van der Waals surface area contributed by atoms with Crippen LogP contribution in [-0.4, -0.2) is 6.29 Å². The van der Waals surface area contributed by atoms with Gasteiger partial charge in [0.25, 0.3) is 0 Å². The molecule has 0 aliphatic carbocycles. The Bertz CT molecular complexity index is 623. The molecule has 0 atom stereocenters. The third-order valence-corrected chi connectivity index (χ3v) is 3.01. The fourth-order valence-electron chi connectivity index (χ4n) is 1.73. The Morgan fingerprint density at radius 2 is 1.72 bits per heavy atom. The first-order chi connectivity index (χ1) is 8.52. The van der Waals surface area contributed by atoms with Crippen LogP contribution in [0.3, 0.4) is 0 Å². The van der Waals surface area contributed by atoms with Crippen LogP contribution in [0.5, 0.6) is 0 Å². The van der Waals surface area contributed by atoms with Crippen molar-refractivity contribution in [1.29, 1.82) is 0 Å². The topological polar surface area (TPSA) is 17.1 Å². The number of hydrogen-bond donors (Lipinski definition) is 0. The van der Waals surface area contributed by atoms with Crippen LogP contribution in [0.25, 0.3) is 11.1 Å². The van der Waals surface area contributed by atoms with Crippen LogP contribution in [-0.2, 0) is 0 Å². The Morgan fingerprint density at radius 3 is 2.39 bits per heavy atom. The first-order valence-corrected chi connectivity index (χ1v) is 5.61. The van der Waals surface area contributed by atoms with Gasteiger partial charge in [-0.3, -0.25) is 4.79 Å². The predicted molar refractivity (Wildman–Crippen MR) is 66.9 cm³/mol. The van der Waals surface area contributed by atoms with Gasteiger partial charge in [0.1, 0.15) is 6.29 Å². The number of carbonyl (C=O) groups excluding carboxylic acids is 1. The summed E-state index contributed by atoms with van der Waals surface area (Å²) in [6, 6.07) is 6.95. The molecule has 0 unspecified atom stereocenters. The van der Waals surface area contributed by atoms with Crippen LogP contribution < -0.4 is 0 Å². The molecule has 0 aliphatic heterocycles.